The van der Waals surface area contributed by atoms with E-state index in [4.69, 9.17) is 0 Å². The van der Waals surface area contributed by atoms with Gasteiger partial charge in [-0.15, -0.1) is 0 Å². The van der Waals surface area contributed by atoms with Crippen molar-refractivity contribution in [3.8, 4) is 0 Å². The molecule has 0 aromatic rings. The normalized spacial score (nSPS) is 27.1. The molecule has 6 heteroatoms. The molecule has 1 fully saturated rings. The molecule has 1 unspecified atom stereocenters. The van der Waals surface area contributed by atoms with Crippen molar-refractivity contribution >= 4 is 10.2 Å². The van der Waals surface area contributed by atoms with E-state index in [1.165, 1.54) is 11.4 Å². The van der Waals surface area contributed by atoms with Crippen LogP contribution >= 0.6 is 0 Å². The summed E-state index contributed by atoms with van der Waals surface area (Å²) in [7, 11) is -2.09. The van der Waals surface area contributed by atoms with Gasteiger partial charge in [-0.3, -0.25) is 0 Å². The van der Waals surface area contributed by atoms with Crippen molar-refractivity contribution in [3.63, 3.8) is 0 Å². The third-order valence-corrected chi connectivity index (χ3v) is 3.70. The molecule has 1 heterocycles. The van der Waals surface area contributed by atoms with Crippen molar-refractivity contribution in [1.29, 1.82) is 0 Å². The summed E-state index contributed by atoms with van der Waals surface area (Å²) in [6, 6.07) is 0. The Kier molecular flexibility index (Phi) is 3.63. The number of alkyl halides is 1. The molecule has 1 atom stereocenters. The number of nitrogens with one attached hydrogen (secondary N) is 1. The van der Waals surface area contributed by atoms with E-state index < -0.39 is 16.4 Å². The highest BCUT2D eigenvalue weighted by atomic mass is 32.2. The molecule has 1 aliphatic heterocycles. The molecule has 78 valence electrons. The fourth-order valence-corrected chi connectivity index (χ4v) is 2.39. The molecule has 0 bridgehead atoms. The van der Waals surface area contributed by atoms with Gasteiger partial charge in [0.15, 0.2) is 0 Å². The van der Waals surface area contributed by atoms with Gasteiger partial charge in [0.05, 0.1) is 0 Å². The third kappa shape index (κ3) is 2.89. The number of hydrogen-bond donors (Lipinski definition) is 1. The van der Waals surface area contributed by atoms with Gasteiger partial charge in [0.25, 0.3) is 10.2 Å². The Labute approximate surface area is 78.3 Å². The largest absolute Gasteiger partial charge is 0.279 e. The highest BCUT2D eigenvalue weighted by Gasteiger charge is 2.25. The summed E-state index contributed by atoms with van der Waals surface area (Å²) >= 11 is 0. The molecule has 4 nitrogen and oxygen atoms in total. The van der Waals surface area contributed by atoms with Gasteiger partial charge in [0.2, 0.25) is 0 Å². The van der Waals surface area contributed by atoms with E-state index in [1.807, 2.05) is 0 Å². The topological polar surface area (TPSA) is 49.4 Å². The smallest absolute Gasteiger partial charge is 0.246 e. The standard InChI is InChI=1S/C7H15FN2O2S/c1-9-13(11,12)10-5-3-2-4-7(8)6-10/h7,9H,2-6H2,1H3. The second-order valence-corrected chi connectivity index (χ2v) is 5.04. The highest BCUT2D eigenvalue weighted by molar-refractivity contribution is 7.87. The van der Waals surface area contributed by atoms with Crippen LogP contribution in [0, 0.1) is 0 Å². The minimum absolute atomic E-state index is 0.0107. The Morgan fingerprint density at radius 3 is 2.77 bits per heavy atom. The first-order valence-electron chi connectivity index (χ1n) is 4.39. The van der Waals surface area contributed by atoms with Crippen LogP contribution < -0.4 is 4.72 Å². The molecule has 13 heavy (non-hydrogen) atoms. The molecule has 1 N–H and O–H groups in total. The van der Waals surface area contributed by atoms with Crippen LogP contribution in [-0.4, -0.2) is 39.0 Å². The van der Waals surface area contributed by atoms with Gasteiger partial charge in [-0.1, -0.05) is 0 Å². The van der Waals surface area contributed by atoms with Gasteiger partial charge < -0.3 is 0 Å². The Balaban J connectivity index is 2.68. The molecule has 1 aliphatic rings. The summed E-state index contributed by atoms with van der Waals surface area (Å²) in [6.07, 6.45) is 0.944. The predicted octanol–water partition coefficient (Wildman–Crippen LogP) is 0.275. The van der Waals surface area contributed by atoms with Crippen LogP contribution in [0.25, 0.3) is 0 Å². The average Bonchev–Trinajstić information content (AvgIpc) is 2.30. The Morgan fingerprint density at radius 2 is 2.15 bits per heavy atom. The second-order valence-electron chi connectivity index (χ2n) is 3.16. The predicted molar refractivity (Wildman–Crippen MR) is 48.3 cm³/mol. The van der Waals surface area contributed by atoms with Crippen LogP contribution in [-0.2, 0) is 10.2 Å². The van der Waals surface area contributed by atoms with Crippen LogP contribution in [0.5, 0.6) is 0 Å². The number of rotatable bonds is 2. The lowest BCUT2D eigenvalue weighted by molar-refractivity contribution is 0.271. The van der Waals surface area contributed by atoms with E-state index in [0.29, 0.717) is 13.0 Å². The summed E-state index contributed by atoms with van der Waals surface area (Å²) in [5.41, 5.74) is 0. The van der Waals surface area contributed by atoms with E-state index in [1.54, 1.807) is 0 Å². The number of hydrogen-bond acceptors (Lipinski definition) is 2. The van der Waals surface area contributed by atoms with Crippen molar-refractivity contribution < 1.29 is 12.8 Å². The van der Waals surface area contributed by atoms with Crippen LogP contribution in [0.2, 0.25) is 0 Å². The number of halogens is 1. The zero-order valence-electron chi connectivity index (χ0n) is 7.66. The molecule has 0 aromatic carbocycles. The van der Waals surface area contributed by atoms with Crippen molar-refractivity contribution in [2.75, 3.05) is 20.1 Å². The number of nitrogens with zero attached hydrogens (tertiary/aromatic N) is 1. The summed E-state index contributed by atoms with van der Waals surface area (Å²) in [4.78, 5) is 0. The lowest BCUT2D eigenvalue weighted by Crippen LogP contribution is -2.41. The molecule has 1 saturated heterocycles. The summed E-state index contributed by atoms with van der Waals surface area (Å²) in [5, 5.41) is 0. The van der Waals surface area contributed by atoms with E-state index in [9.17, 15) is 12.8 Å². The molecule has 0 spiro atoms. The van der Waals surface area contributed by atoms with E-state index >= 15 is 0 Å². The monoisotopic (exact) mass is 210 g/mol. The molecule has 1 rings (SSSR count). The van der Waals surface area contributed by atoms with E-state index in [0.717, 1.165) is 12.8 Å². The minimum atomic E-state index is -3.43. The molecule has 0 aromatic heterocycles. The van der Waals surface area contributed by atoms with Crippen molar-refractivity contribution in [2.45, 2.75) is 25.4 Å². The minimum Gasteiger partial charge on any atom is -0.246 e. The van der Waals surface area contributed by atoms with Gasteiger partial charge in [-0.2, -0.15) is 12.7 Å². The average molecular weight is 210 g/mol. The molecule has 0 radical (unpaired) electrons. The summed E-state index contributed by atoms with van der Waals surface area (Å²) in [5.74, 6) is 0. The molecule has 0 amide bonds. The first-order valence-corrected chi connectivity index (χ1v) is 5.83. The fourth-order valence-electron chi connectivity index (χ4n) is 1.40. The highest BCUT2D eigenvalue weighted by Crippen LogP contribution is 2.15. The molecular weight excluding hydrogens is 195 g/mol. The van der Waals surface area contributed by atoms with Crippen LogP contribution in [0.15, 0.2) is 0 Å². The van der Waals surface area contributed by atoms with Crippen molar-refractivity contribution in [2.24, 2.45) is 0 Å². The SMILES string of the molecule is CNS(=O)(=O)N1CCCCC(F)C1. The van der Waals surface area contributed by atoms with Crippen molar-refractivity contribution in [3.05, 3.63) is 0 Å². The lowest BCUT2D eigenvalue weighted by atomic mass is 10.2. The van der Waals surface area contributed by atoms with E-state index in [2.05, 4.69) is 4.72 Å². The third-order valence-electron chi connectivity index (χ3n) is 2.17. The first-order chi connectivity index (χ1) is 6.06. The first kappa shape index (κ1) is 10.9. The van der Waals surface area contributed by atoms with Crippen LogP contribution in [0.1, 0.15) is 19.3 Å². The maximum Gasteiger partial charge on any atom is 0.279 e. The Hall–Kier alpha value is -0.200. The van der Waals surface area contributed by atoms with Crippen LogP contribution in [0.4, 0.5) is 4.39 Å². The molecule has 0 saturated carbocycles. The zero-order valence-corrected chi connectivity index (χ0v) is 8.48. The lowest BCUT2D eigenvalue weighted by Gasteiger charge is -2.19. The fraction of sp³-hybridized carbons (Fsp3) is 1.00. The Bertz CT molecular complexity index is 255. The van der Waals surface area contributed by atoms with Crippen LogP contribution in [0.3, 0.4) is 0 Å². The van der Waals surface area contributed by atoms with Gasteiger partial charge in [-0.25, -0.2) is 9.11 Å². The second kappa shape index (κ2) is 4.34. The molecular formula is C7H15FN2O2S. The van der Waals surface area contributed by atoms with Gasteiger partial charge in [-0.05, 0) is 19.3 Å². The molecule has 0 aliphatic carbocycles. The van der Waals surface area contributed by atoms with E-state index in [-0.39, 0.29) is 6.54 Å². The summed E-state index contributed by atoms with van der Waals surface area (Å²) in [6.45, 7) is 0.409. The quantitative estimate of drug-likeness (QED) is 0.711. The Morgan fingerprint density at radius 1 is 1.46 bits per heavy atom. The maximum absolute atomic E-state index is 13.0. The van der Waals surface area contributed by atoms with Gasteiger partial charge in [0.1, 0.15) is 6.17 Å². The zero-order chi connectivity index (χ0) is 9.90. The summed E-state index contributed by atoms with van der Waals surface area (Å²) < 4.78 is 39.0. The van der Waals surface area contributed by atoms with Gasteiger partial charge in [0, 0.05) is 20.1 Å². The van der Waals surface area contributed by atoms with Gasteiger partial charge >= 0.3 is 0 Å². The maximum atomic E-state index is 13.0. The van der Waals surface area contributed by atoms with Crippen molar-refractivity contribution in [1.82, 2.24) is 9.03 Å².